The van der Waals surface area contributed by atoms with E-state index in [2.05, 4.69) is 4.98 Å². The van der Waals surface area contributed by atoms with Crippen LogP contribution in [0.1, 0.15) is 19.7 Å². The van der Waals surface area contributed by atoms with E-state index in [-0.39, 0.29) is 25.5 Å². The molecule has 0 atom stereocenters. The molecule has 7 heteroatoms. The highest BCUT2D eigenvalue weighted by Crippen LogP contribution is 2.34. The normalized spacial score (nSPS) is 10.7. The Labute approximate surface area is 182 Å². The summed E-state index contributed by atoms with van der Waals surface area (Å²) >= 11 is 0. The number of carbonyl (C=O) groups is 1. The van der Waals surface area contributed by atoms with E-state index in [9.17, 15) is 4.79 Å². The maximum Gasteiger partial charge on any atom is 0.231 e. The molecule has 0 spiro atoms. The van der Waals surface area contributed by atoms with Gasteiger partial charge in [0.15, 0.2) is 5.76 Å². The number of oxazole rings is 1. The summed E-state index contributed by atoms with van der Waals surface area (Å²) in [6.45, 7) is 5.37. The maximum absolute atomic E-state index is 12.6. The van der Waals surface area contributed by atoms with E-state index in [0.29, 0.717) is 36.2 Å². The van der Waals surface area contributed by atoms with Gasteiger partial charge in [-0.1, -0.05) is 0 Å². The average Bonchev–Trinajstić information content (AvgIpc) is 3.22. The second-order valence-corrected chi connectivity index (χ2v) is 6.85. The van der Waals surface area contributed by atoms with Gasteiger partial charge in [-0.3, -0.25) is 4.79 Å². The smallest absolute Gasteiger partial charge is 0.231 e. The van der Waals surface area contributed by atoms with Gasteiger partial charge >= 0.3 is 0 Å². The molecule has 0 aliphatic carbocycles. The highest BCUT2D eigenvalue weighted by molar-refractivity contribution is 5.80. The molecule has 164 valence electrons. The predicted molar refractivity (Wildman–Crippen MR) is 118 cm³/mol. The van der Waals surface area contributed by atoms with E-state index in [1.165, 1.54) is 0 Å². The van der Waals surface area contributed by atoms with Gasteiger partial charge in [-0.05, 0) is 62.4 Å². The van der Waals surface area contributed by atoms with Gasteiger partial charge in [0.2, 0.25) is 11.8 Å². The number of methoxy groups -OCH3 is 1. The summed E-state index contributed by atoms with van der Waals surface area (Å²) in [6.07, 6.45) is 0.0997. The predicted octanol–water partition coefficient (Wildman–Crippen LogP) is 3.80. The van der Waals surface area contributed by atoms with Crippen molar-refractivity contribution in [3.8, 4) is 34.1 Å². The number of likely N-dealkylation sites (N-methyl/N-ethyl adjacent to an activating group) is 1. The molecule has 0 unspecified atom stereocenters. The molecule has 7 nitrogen and oxygen atoms in total. The van der Waals surface area contributed by atoms with Crippen LogP contribution in [0.5, 0.6) is 11.5 Å². The summed E-state index contributed by atoms with van der Waals surface area (Å²) in [6, 6.07) is 14.9. The number of aliphatic hydroxyl groups excluding tert-OH is 1. The molecule has 2 aromatic carbocycles. The quantitative estimate of drug-likeness (QED) is 0.533. The van der Waals surface area contributed by atoms with Crippen molar-refractivity contribution in [1.82, 2.24) is 9.88 Å². The van der Waals surface area contributed by atoms with Crippen LogP contribution in [0.25, 0.3) is 22.6 Å². The van der Waals surface area contributed by atoms with Crippen molar-refractivity contribution < 1.29 is 23.8 Å². The third-order valence-corrected chi connectivity index (χ3v) is 4.93. The lowest BCUT2D eigenvalue weighted by molar-refractivity contribution is -0.130. The number of carbonyl (C=O) groups excluding carboxylic acids is 1. The molecular weight excluding hydrogens is 396 g/mol. The zero-order valence-corrected chi connectivity index (χ0v) is 18.1. The molecule has 0 saturated heterocycles. The molecule has 0 bridgehead atoms. The van der Waals surface area contributed by atoms with Crippen molar-refractivity contribution in [3.63, 3.8) is 0 Å². The van der Waals surface area contributed by atoms with Gasteiger partial charge < -0.3 is 23.9 Å². The van der Waals surface area contributed by atoms with Gasteiger partial charge in [-0.2, -0.15) is 0 Å². The molecule has 31 heavy (non-hydrogen) atoms. The fourth-order valence-corrected chi connectivity index (χ4v) is 3.26. The van der Waals surface area contributed by atoms with Crippen LogP contribution >= 0.6 is 0 Å². The number of benzene rings is 2. The molecule has 0 radical (unpaired) electrons. The Morgan fingerprint density at radius 3 is 2.19 bits per heavy atom. The zero-order valence-electron chi connectivity index (χ0n) is 18.1. The largest absolute Gasteiger partial charge is 0.497 e. The van der Waals surface area contributed by atoms with Crippen LogP contribution in [-0.4, -0.2) is 54.3 Å². The van der Waals surface area contributed by atoms with E-state index in [0.717, 1.165) is 16.9 Å². The first-order valence-corrected chi connectivity index (χ1v) is 10.4. The molecule has 3 aromatic rings. The number of hydrogen-bond donors (Lipinski definition) is 1. The fourth-order valence-electron chi connectivity index (χ4n) is 3.26. The number of rotatable bonds is 10. The third kappa shape index (κ3) is 5.44. The third-order valence-electron chi connectivity index (χ3n) is 4.93. The van der Waals surface area contributed by atoms with Crippen LogP contribution in [0.3, 0.4) is 0 Å². The molecule has 0 aliphatic heterocycles. The monoisotopic (exact) mass is 424 g/mol. The summed E-state index contributed by atoms with van der Waals surface area (Å²) in [5, 5.41) is 8.92. The molecule has 0 aliphatic rings. The minimum atomic E-state index is -0.0462. The highest BCUT2D eigenvalue weighted by atomic mass is 16.5. The zero-order chi connectivity index (χ0) is 22.2. The van der Waals surface area contributed by atoms with E-state index in [4.69, 9.17) is 19.0 Å². The standard InChI is InChI=1S/C24H28N2O5/c1-4-26(5-2)22(28)16-21-25-23(17-6-10-19(29-3)11-7-17)24(31-21)18-8-12-20(13-9-18)30-15-14-27/h6-13,27H,4-5,14-16H2,1-3H3. The van der Waals surface area contributed by atoms with Crippen molar-refractivity contribution in [2.45, 2.75) is 20.3 Å². The first-order chi connectivity index (χ1) is 15.1. The number of ether oxygens (including phenoxy) is 2. The van der Waals surface area contributed by atoms with Gasteiger partial charge in [0.05, 0.1) is 13.7 Å². The minimum absolute atomic E-state index is 0.0215. The van der Waals surface area contributed by atoms with Crippen molar-refractivity contribution >= 4 is 5.91 Å². The minimum Gasteiger partial charge on any atom is -0.497 e. The summed E-state index contributed by atoms with van der Waals surface area (Å²) in [4.78, 5) is 19.0. The molecule has 0 fully saturated rings. The molecule has 1 amide bonds. The lowest BCUT2D eigenvalue weighted by Gasteiger charge is -2.17. The summed E-state index contributed by atoms with van der Waals surface area (Å²) in [7, 11) is 1.62. The second-order valence-electron chi connectivity index (χ2n) is 6.85. The van der Waals surface area contributed by atoms with Crippen LogP contribution in [-0.2, 0) is 11.2 Å². The second kappa shape index (κ2) is 10.6. The van der Waals surface area contributed by atoms with Crippen LogP contribution in [0.4, 0.5) is 0 Å². The fraction of sp³-hybridized carbons (Fsp3) is 0.333. The van der Waals surface area contributed by atoms with Crippen LogP contribution in [0.2, 0.25) is 0 Å². The Hall–Kier alpha value is -3.32. The Morgan fingerprint density at radius 1 is 1.00 bits per heavy atom. The molecule has 0 saturated carbocycles. The Morgan fingerprint density at radius 2 is 1.61 bits per heavy atom. The summed E-state index contributed by atoms with van der Waals surface area (Å²) in [5.41, 5.74) is 2.34. The first-order valence-electron chi connectivity index (χ1n) is 10.4. The van der Waals surface area contributed by atoms with E-state index < -0.39 is 0 Å². The number of aromatic nitrogens is 1. The molecule has 1 N–H and O–H groups in total. The van der Waals surface area contributed by atoms with Crippen molar-refractivity contribution in [2.24, 2.45) is 0 Å². The molecule has 1 heterocycles. The number of aliphatic hydroxyl groups is 1. The van der Waals surface area contributed by atoms with E-state index in [1.54, 1.807) is 12.0 Å². The van der Waals surface area contributed by atoms with Gasteiger partial charge in [-0.25, -0.2) is 4.98 Å². The molecular formula is C24H28N2O5. The van der Waals surface area contributed by atoms with Crippen LogP contribution in [0.15, 0.2) is 52.9 Å². The van der Waals surface area contributed by atoms with Gasteiger partial charge in [-0.15, -0.1) is 0 Å². The first kappa shape index (κ1) is 22.4. The molecule has 1 aromatic heterocycles. The Kier molecular flexibility index (Phi) is 7.67. The van der Waals surface area contributed by atoms with Crippen molar-refractivity contribution in [2.75, 3.05) is 33.4 Å². The highest BCUT2D eigenvalue weighted by Gasteiger charge is 2.20. The van der Waals surface area contributed by atoms with Crippen LogP contribution < -0.4 is 9.47 Å². The summed E-state index contributed by atoms with van der Waals surface area (Å²) in [5.74, 6) is 2.34. The lowest BCUT2D eigenvalue weighted by Crippen LogP contribution is -2.31. The average molecular weight is 424 g/mol. The molecule has 3 rings (SSSR count). The Bertz CT molecular complexity index is 976. The van der Waals surface area contributed by atoms with Gasteiger partial charge in [0.1, 0.15) is 30.2 Å². The van der Waals surface area contributed by atoms with Gasteiger partial charge in [0, 0.05) is 24.2 Å². The Balaban J connectivity index is 1.96. The lowest BCUT2D eigenvalue weighted by atomic mass is 10.1. The number of amides is 1. The van der Waals surface area contributed by atoms with E-state index in [1.807, 2.05) is 62.4 Å². The van der Waals surface area contributed by atoms with E-state index >= 15 is 0 Å². The van der Waals surface area contributed by atoms with Gasteiger partial charge in [0.25, 0.3) is 0 Å². The van der Waals surface area contributed by atoms with Crippen LogP contribution in [0, 0.1) is 0 Å². The van der Waals surface area contributed by atoms with Crippen molar-refractivity contribution in [1.29, 1.82) is 0 Å². The number of hydrogen-bond acceptors (Lipinski definition) is 6. The maximum atomic E-state index is 12.6. The summed E-state index contributed by atoms with van der Waals surface area (Å²) < 4.78 is 16.8. The SMILES string of the molecule is CCN(CC)C(=O)Cc1nc(-c2ccc(OC)cc2)c(-c2ccc(OCCO)cc2)o1. The topological polar surface area (TPSA) is 85.0 Å². The van der Waals surface area contributed by atoms with Crippen molar-refractivity contribution in [3.05, 3.63) is 54.4 Å². The number of nitrogens with zero attached hydrogens (tertiary/aromatic N) is 2.